The number of nitrogens with two attached hydrogens (primary N) is 1. The highest BCUT2D eigenvalue weighted by Gasteiger charge is 2.14. The number of anilines is 2. The lowest BCUT2D eigenvalue weighted by molar-refractivity contribution is 0.0527. The van der Waals surface area contributed by atoms with E-state index in [-0.39, 0.29) is 0 Å². The molecule has 0 aliphatic rings. The lowest BCUT2D eigenvalue weighted by Crippen LogP contribution is -2.16. The summed E-state index contributed by atoms with van der Waals surface area (Å²) in [5, 5.41) is 3.58. The number of pyridine rings is 1. The monoisotopic (exact) mass is 269 g/mol. The van der Waals surface area contributed by atoms with Gasteiger partial charge in [-0.15, -0.1) is 0 Å². The molecule has 3 N–H and O–H groups in total. The lowest BCUT2D eigenvalue weighted by Gasteiger charge is -2.13. The van der Waals surface area contributed by atoms with E-state index in [9.17, 15) is 4.79 Å². The normalized spacial score (nSPS) is 11.9. The van der Waals surface area contributed by atoms with Crippen molar-refractivity contribution in [2.75, 3.05) is 30.5 Å². The number of thioether (sulfide) groups is 1. The molecule has 0 aromatic carbocycles. The first-order chi connectivity index (χ1) is 8.60. The van der Waals surface area contributed by atoms with Gasteiger partial charge in [-0.3, -0.25) is 0 Å². The number of esters is 1. The molecular formula is C12H19N3O2S. The SMILES string of the molecule is CCOC(=O)c1ccnc(NCC(C)SC)c1N. The third kappa shape index (κ3) is 3.80. The van der Waals surface area contributed by atoms with Crippen molar-refractivity contribution < 1.29 is 9.53 Å². The molecule has 1 atom stereocenters. The van der Waals surface area contributed by atoms with Crippen molar-refractivity contribution in [3.8, 4) is 0 Å². The molecule has 0 aliphatic carbocycles. The highest BCUT2D eigenvalue weighted by molar-refractivity contribution is 7.99. The van der Waals surface area contributed by atoms with E-state index in [1.807, 2.05) is 6.26 Å². The molecule has 0 saturated carbocycles. The molecule has 1 aromatic heterocycles. The van der Waals surface area contributed by atoms with Gasteiger partial charge >= 0.3 is 5.97 Å². The highest BCUT2D eigenvalue weighted by Crippen LogP contribution is 2.21. The second-order valence-corrected chi connectivity index (χ2v) is 5.04. The van der Waals surface area contributed by atoms with E-state index >= 15 is 0 Å². The van der Waals surface area contributed by atoms with Crippen LogP contribution in [0.1, 0.15) is 24.2 Å². The molecule has 0 spiro atoms. The Labute approximate surface area is 111 Å². The van der Waals surface area contributed by atoms with E-state index < -0.39 is 5.97 Å². The summed E-state index contributed by atoms with van der Waals surface area (Å²) in [4.78, 5) is 15.8. The number of carbonyl (C=O) groups excluding carboxylic acids is 1. The Morgan fingerprint density at radius 2 is 2.39 bits per heavy atom. The molecule has 1 unspecified atom stereocenters. The topological polar surface area (TPSA) is 77.2 Å². The van der Waals surface area contributed by atoms with Crippen LogP contribution in [0.25, 0.3) is 0 Å². The predicted octanol–water partition coefficient (Wildman–Crippen LogP) is 2.00. The highest BCUT2D eigenvalue weighted by atomic mass is 32.2. The zero-order valence-electron chi connectivity index (χ0n) is 10.9. The summed E-state index contributed by atoms with van der Waals surface area (Å²) in [5.41, 5.74) is 6.60. The van der Waals surface area contributed by atoms with E-state index in [0.29, 0.717) is 28.9 Å². The Morgan fingerprint density at radius 1 is 1.67 bits per heavy atom. The molecule has 0 saturated heterocycles. The van der Waals surface area contributed by atoms with Crippen LogP contribution in [0.3, 0.4) is 0 Å². The second-order valence-electron chi connectivity index (χ2n) is 3.77. The first-order valence-electron chi connectivity index (χ1n) is 5.78. The van der Waals surface area contributed by atoms with Gasteiger partial charge in [0, 0.05) is 18.0 Å². The number of aromatic nitrogens is 1. The first kappa shape index (κ1) is 14.6. The maximum atomic E-state index is 11.7. The summed E-state index contributed by atoms with van der Waals surface area (Å²) in [6.07, 6.45) is 3.59. The van der Waals surface area contributed by atoms with Gasteiger partial charge in [0.2, 0.25) is 0 Å². The Hall–Kier alpha value is -1.43. The van der Waals surface area contributed by atoms with Crippen LogP contribution in [0.4, 0.5) is 11.5 Å². The van der Waals surface area contributed by atoms with E-state index in [1.165, 1.54) is 0 Å². The van der Waals surface area contributed by atoms with Crippen LogP contribution in [0, 0.1) is 0 Å². The molecule has 6 heteroatoms. The third-order valence-corrected chi connectivity index (χ3v) is 3.42. The maximum Gasteiger partial charge on any atom is 0.340 e. The number of nitrogens with zero attached hydrogens (tertiary/aromatic N) is 1. The number of nitrogens with one attached hydrogen (secondary N) is 1. The summed E-state index contributed by atoms with van der Waals surface area (Å²) >= 11 is 1.75. The van der Waals surface area contributed by atoms with Crippen molar-refractivity contribution >= 4 is 29.2 Å². The van der Waals surface area contributed by atoms with Crippen molar-refractivity contribution in [3.63, 3.8) is 0 Å². The van der Waals surface area contributed by atoms with Crippen LogP contribution in [0.5, 0.6) is 0 Å². The molecule has 0 amide bonds. The number of ether oxygens (including phenoxy) is 1. The summed E-state index contributed by atoms with van der Waals surface area (Å²) in [7, 11) is 0. The van der Waals surface area contributed by atoms with Crippen LogP contribution in [0.15, 0.2) is 12.3 Å². The fourth-order valence-electron chi connectivity index (χ4n) is 1.32. The fraction of sp³-hybridized carbons (Fsp3) is 0.500. The average Bonchev–Trinajstić information content (AvgIpc) is 2.37. The molecule has 1 aromatic rings. The van der Waals surface area contributed by atoms with Crippen LogP contribution in [-0.4, -0.2) is 35.6 Å². The van der Waals surface area contributed by atoms with Crippen molar-refractivity contribution in [2.24, 2.45) is 0 Å². The van der Waals surface area contributed by atoms with Gasteiger partial charge < -0.3 is 15.8 Å². The number of hydrogen-bond acceptors (Lipinski definition) is 6. The minimum Gasteiger partial charge on any atom is -0.462 e. The summed E-state index contributed by atoms with van der Waals surface area (Å²) < 4.78 is 4.93. The van der Waals surface area contributed by atoms with Crippen molar-refractivity contribution in [1.29, 1.82) is 0 Å². The number of rotatable bonds is 6. The summed E-state index contributed by atoms with van der Waals surface area (Å²) in [6, 6.07) is 1.57. The van der Waals surface area contributed by atoms with Crippen molar-refractivity contribution in [1.82, 2.24) is 4.98 Å². The summed E-state index contributed by atoms with van der Waals surface area (Å²) in [5.74, 6) is 0.111. The fourth-order valence-corrected chi connectivity index (χ4v) is 1.57. The molecule has 18 heavy (non-hydrogen) atoms. The number of hydrogen-bond donors (Lipinski definition) is 2. The van der Waals surface area contributed by atoms with Gasteiger partial charge in [0.05, 0.1) is 17.9 Å². The van der Waals surface area contributed by atoms with Crippen LogP contribution in [-0.2, 0) is 4.74 Å². The molecule has 0 bridgehead atoms. The molecule has 0 fully saturated rings. The summed E-state index contributed by atoms with van der Waals surface area (Å²) in [6.45, 7) is 4.93. The minimum absolute atomic E-state index is 0.326. The Kier molecular flexibility index (Phi) is 5.77. The Bertz CT molecular complexity index is 412. The van der Waals surface area contributed by atoms with Gasteiger partial charge in [0.15, 0.2) is 0 Å². The van der Waals surface area contributed by atoms with E-state index in [4.69, 9.17) is 10.5 Å². The van der Waals surface area contributed by atoms with Crippen LogP contribution in [0.2, 0.25) is 0 Å². The van der Waals surface area contributed by atoms with Gasteiger partial charge in [-0.25, -0.2) is 9.78 Å². The number of nitrogen functional groups attached to an aromatic ring is 1. The zero-order chi connectivity index (χ0) is 13.5. The van der Waals surface area contributed by atoms with Gasteiger partial charge in [-0.1, -0.05) is 6.92 Å². The largest absolute Gasteiger partial charge is 0.462 e. The molecule has 100 valence electrons. The molecule has 1 heterocycles. The third-order valence-electron chi connectivity index (χ3n) is 2.44. The minimum atomic E-state index is -0.418. The van der Waals surface area contributed by atoms with Crippen LogP contribution >= 0.6 is 11.8 Å². The van der Waals surface area contributed by atoms with E-state index in [2.05, 4.69) is 17.2 Å². The molecule has 1 rings (SSSR count). The molecule has 0 radical (unpaired) electrons. The molecular weight excluding hydrogens is 250 g/mol. The quantitative estimate of drug-likeness (QED) is 0.769. The maximum absolute atomic E-state index is 11.7. The van der Waals surface area contributed by atoms with E-state index in [0.717, 1.165) is 6.54 Å². The standard InChI is InChI=1S/C12H19N3O2S/c1-4-17-12(16)9-5-6-14-11(10(9)13)15-7-8(2)18-3/h5-6,8H,4,7,13H2,1-3H3,(H,14,15). The smallest absolute Gasteiger partial charge is 0.340 e. The average molecular weight is 269 g/mol. The van der Waals surface area contributed by atoms with Gasteiger partial charge in [-0.2, -0.15) is 11.8 Å². The van der Waals surface area contributed by atoms with Crippen molar-refractivity contribution in [3.05, 3.63) is 17.8 Å². The Balaban J connectivity index is 2.81. The van der Waals surface area contributed by atoms with Crippen LogP contribution < -0.4 is 11.1 Å². The Morgan fingerprint density at radius 3 is 3.00 bits per heavy atom. The van der Waals surface area contributed by atoms with Gasteiger partial charge in [0.25, 0.3) is 0 Å². The van der Waals surface area contributed by atoms with Gasteiger partial charge in [-0.05, 0) is 19.2 Å². The zero-order valence-corrected chi connectivity index (χ0v) is 11.7. The van der Waals surface area contributed by atoms with E-state index in [1.54, 1.807) is 30.9 Å². The number of carbonyl (C=O) groups is 1. The molecule has 0 aliphatic heterocycles. The first-order valence-corrected chi connectivity index (χ1v) is 7.07. The predicted molar refractivity (Wildman–Crippen MR) is 76.1 cm³/mol. The van der Waals surface area contributed by atoms with Gasteiger partial charge in [0.1, 0.15) is 5.82 Å². The van der Waals surface area contributed by atoms with Crippen molar-refractivity contribution in [2.45, 2.75) is 19.1 Å². The molecule has 5 nitrogen and oxygen atoms in total. The second kappa shape index (κ2) is 7.10. The lowest BCUT2D eigenvalue weighted by atomic mass is 10.2.